The molecule has 22 heteroatoms. The van der Waals surface area contributed by atoms with Crippen molar-refractivity contribution in [1.82, 2.24) is 0 Å². The Morgan fingerprint density at radius 2 is 0.850 bits per heavy atom. The van der Waals surface area contributed by atoms with E-state index in [1.807, 2.05) is 12.1 Å². The van der Waals surface area contributed by atoms with Crippen molar-refractivity contribution in [3.8, 4) is 0 Å². The fourth-order valence-corrected chi connectivity index (χ4v) is 6.34. The minimum absolute atomic E-state index is 0.0832. The maximum Gasteiger partial charge on any atom is 0.308 e. The highest BCUT2D eigenvalue weighted by Crippen LogP contribution is 2.41. The number of nitrogens with zero attached hydrogens (tertiary/aromatic N) is 7. The van der Waals surface area contributed by atoms with Crippen LogP contribution in [-0.4, -0.2) is 29.5 Å². The number of para-hydroxylation sites is 2. The highest BCUT2D eigenvalue weighted by atomic mass is 16.6. The third-order valence-electron chi connectivity index (χ3n) is 8.59. The van der Waals surface area contributed by atoms with Crippen LogP contribution in [0.15, 0.2) is 109 Å². The van der Waals surface area contributed by atoms with Gasteiger partial charge in [0.15, 0.2) is 0 Å². The molecule has 0 unspecified atom stereocenters. The number of anilines is 5. The topological polar surface area (TPSA) is 298 Å². The summed E-state index contributed by atoms with van der Waals surface area (Å²) in [6.07, 6.45) is 0.951. The molecule has 0 aliphatic heterocycles. The number of rotatable bonds is 15. The summed E-state index contributed by atoms with van der Waals surface area (Å²) in [6, 6.07) is 27.3. The van der Waals surface area contributed by atoms with Crippen LogP contribution >= 0.6 is 0 Å². The number of benzene rings is 5. The minimum atomic E-state index is -0.921. The molecule has 0 heterocycles. The summed E-state index contributed by atoms with van der Waals surface area (Å²) < 4.78 is 0. The number of hydrogen-bond acceptors (Lipinski definition) is 16. The predicted molar refractivity (Wildman–Crippen MR) is 222 cm³/mol. The fraction of sp³-hybridized carbons (Fsp3) is 0.211. The van der Waals surface area contributed by atoms with Gasteiger partial charge in [0.1, 0.15) is 0 Å². The standard InChI is InChI=1S/C20H25N5O6.C18H13N5O6/c1-19(2,3)12-20(4,5)13-6-8-14(9-7-13)21-22-18-16(24(28)29)10-15(23(26)27)11-17(18)25(30)31;24-21(25)15-11-16(22(26)27)18(17(12-15)23(28)29)19-20(13-7-3-1-4-8-13)14-9-5-2-6-10-14/h6-11,21-22H,12H2,1-5H3;1-12,19H. The summed E-state index contributed by atoms with van der Waals surface area (Å²) in [5, 5.41) is 69.2. The summed E-state index contributed by atoms with van der Waals surface area (Å²) in [7, 11) is 0. The molecule has 5 rings (SSSR count). The summed E-state index contributed by atoms with van der Waals surface area (Å²) in [6.45, 7) is 10.8. The van der Waals surface area contributed by atoms with Crippen LogP contribution in [0.5, 0.6) is 0 Å². The number of non-ortho nitro benzene ring substituents is 2. The molecule has 0 aromatic heterocycles. The van der Waals surface area contributed by atoms with E-state index in [2.05, 4.69) is 50.9 Å². The van der Waals surface area contributed by atoms with E-state index in [4.69, 9.17) is 0 Å². The molecular weight excluding hydrogens is 788 g/mol. The maximum absolute atomic E-state index is 11.5. The third-order valence-corrected chi connectivity index (χ3v) is 8.59. The third kappa shape index (κ3) is 11.2. The van der Waals surface area contributed by atoms with Crippen LogP contribution in [0.3, 0.4) is 0 Å². The first kappa shape index (κ1) is 44.4. The first-order valence-corrected chi connectivity index (χ1v) is 17.6. The molecule has 0 spiro atoms. The van der Waals surface area contributed by atoms with E-state index in [0.29, 0.717) is 41.3 Å². The van der Waals surface area contributed by atoms with E-state index < -0.39 is 75.0 Å². The Bertz CT molecular complexity index is 2320. The SMILES string of the molecule is CC(C)(C)CC(C)(C)c1ccc(NNc2c([N+](=O)[O-])cc([N+](=O)[O-])cc2[N+](=O)[O-])cc1.O=[N+]([O-])c1cc([N+](=O)[O-])c(NN(c2ccccc2)c2ccccc2)c([N+](=O)[O-])c1. The van der Waals surface area contributed by atoms with Gasteiger partial charge in [-0.2, -0.15) is 0 Å². The zero-order valence-electron chi connectivity index (χ0n) is 32.6. The molecule has 22 nitrogen and oxygen atoms in total. The van der Waals surface area contributed by atoms with Crippen molar-refractivity contribution in [2.24, 2.45) is 5.41 Å². The van der Waals surface area contributed by atoms with Crippen LogP contribution in [0.4, 0.5) is 62.6 Å². The van der Waals surface area contributed by atoms with Crippen molar-refractivity contribution in [2.45, 2.75) is 46.5 Å². The largest absolute Gasteiger partial charge is 0.308 e. The van der Waals surface area contributed by atoms with E-state index in [-0.39, 0.29) is 10.8 Å². The van der Waals surface area contributed by atoms with E-state index in [1.165, 1.54) is 5.01 Å². The second-order valence-electron chi connectivity index (χ2n) is 14.8. The van der Waals surface area contributed by atoms with Crippen LogP contribution in [0, 0.1) is 66.1 Å². The molecule has 60 heavy (non-hydrogen) atoms. The molecule has 0 fully saturated rings. The molecular formula is C38H38N10O12. The van der Waals surface area contributed by atoms with Crippen LogP contribution < -0.4 is 21.3 Å². The van der Waals surface area contributed by atoms with Gasteiger partial charge in [-0.3, -0.25) is 76.5 Å². The normalized spacial score (nSPS) is 10.9. The van der Waals surface area contributed by atoms with Gasteiger partial charge in [-0.05, 0) is 59.2 Å². The lowest BCUT2D eigenvalue weighted by molar-refractivity contribution is -0.402. The molecule has 0 aliphatic rings. The van der Waals surface area contributed by atoms with Gasteiger partial charge in [-0.1, -0.05) is 83.1 Å². The van der Waals surface area contributed by atoms with Crippen molar-refractivity contribution >= 4 is 62.6 Å². The molecule has 0 bridgehead atoms. The van der Waals surface area contributed by atoms with Crippen molar-refractivity contribution in [1.29, 1.82) is 0 Å². The molecule has 3 N–H and O–H groups in total. The van der Waals surface area contributed by atoms with Crippen molar-refractivity contribution in [2.75, 3.05) is 21.3 Å². The van der Waals surface area contributed by atoms with Crippen LogP contribution in [0.1, 0.15) is 46.6 Å². The van der Waals surface area contributed by atoms with Gasteiger partial charge in [0.25, 0.3) is 11.4 Å². The van der Waals surface area contributed by atoms with Gasteiger partial charge in [-0.15, -0.1) is 0 Å². The summed E-state index contributed by atoms with van der Waals surface area (Å²) in [5.74, 6) is 0. The Morgan fingerprint density at radius 3 is 1.18 bits per heavy atom. The lowest BCUT2D eigenvalue weighted by Crippen LogP contribution is -2.25. The van der Waals surface area contributed by atoms with E-state index in [9.17, 15) is 60.7 Å². The monoisotopic (exact) mass is 826 g/mol. The number of nitro groups is 6. The molecule has 0 saturated heterocycles. The lowest BCUT2D eigenvalue weighted by atomic mass is 9.72. The van der Waals surface area contributed by atoms with Gasteiger partial charge in [0, 0.05) is 0 Å². The number of nitrogens with one attached hydrogen (secondary N) is 3. The Balaban J connectivity index is 0.000000265. The van der Waals surface area contributed by atoms with E-state index in [1.54, 1.807) is 72.8 Å². The molecule has 0 saturated carbocycles. The zero-order chi connectivity index (χ0) is 44.5. The molecule has 0 atom stereocenters. The number of nitro benzene ring substituents is 6. The maximum atomic E-state index is 11.5. The van der Waals surface area contributed by atoms with Crippen LogP contribution in [0.2, 0.25) is 0 Å². The second-order valence-corrected chi connectivity index (χ2v) is 14.8. The second kappa shape index (κ2) is 18.3. The van der Waals surface area contributed by atoms with E-state index >= 15 is 0 Å². The van der Waals surface area contributed by atoms with E-state index in [0.717, 1.165) is 12.0 Å². The Kier molecular flexibility index (Phi) is 13.6. The molecule has 0 radical (unpaired) electrons. The lowest BCUT2D eigenvalue weighted by Gasteiger charge is -2.33. The highest BCUT2D eigenvalue weighted by molar-refractivity contribution is 5.81. The quantitative estimate of drug-likeness (QED) is 0.0652. The fourth-order valence-electron chi connectivity index (χ4n) is 6.34. The van der Waals surface area contributed by atoms with Crippen LogP contribution in [-0.2, 0) is 5.41 Å². The van der Waals surface area contributed by atoms with Crippen molar-refractivity contribution < 1.29 is 29.5 Å². The van der Waals surface area contributed by atoms with Gasteiger partial charge < -0.3 is 5.43 Å². The Labute approximate surface area is 340 Å². The molecule has 5 aromatic rings. The molecule has 312 valence electrons. The summed E-state index contributed by atoms with van der Waals surface area (Å²) in [5.41, 5.74) is 5.04. The number of hydrazine groups is 2. The molecule has 0 aliphatic carbocycles. The molecule has 0 amide bonds. The molecule has 5 aromatic carbocycles. The summed E-state index contributed by atoms with van der Waals surface area (Å²) in [4.78, 5) is 62.3. The van der Waals surface area contributed by atoms with Gasteiger partial charge >= 0.3 is 22.7 Å². The smallest absolute Gasteiger partial charge is 0.301 e. The number of hydrogen-bond donors (Lipinski definition) is 3. The minimum Gasteiger partial charge on any atom is -0.301 e. The summed E-state index contributed by atoms with van der Waals surface area (Å²) >= 11 is 0. The van der Waals surface area contributed by atoms with Crippen molar-refractivity contribution in [3.05, 3.63) is 175 Å². The zero-order valence-corrected chi connectivity index (χ0v) is 32.6. The Morgan fingerprint density at radius 1 is 0.483 bits per heavy atom. The van der Waals surface area contributed by atoms with Gasteiger partial charge in [0.2, 0.25) is 11.4 Å². The Hall–Kier alpha value is -8.30. The highest BCUT2D eigenvalue weighted by Gasteiger charge is 2.33. The first-order chi connectivity index (χ1) is 28.1. The predicted octanol–water partition coefficient (Wildman–Crippen LogP) is 10.1. The average molecular weight is 827 g/mol. The van der Waals surface area contributed by atoms with Gasteiger partial charge in [0.05, 0.1) is 70.9 Å². The first-order valence-electron chi connectivity index (χ1n) is 17.6. The van der Waals surface area contributed by atoms with Gasteiger partial charge in [-0.25, -0.2) is 0 Å². The average Bonchev–Trinajstić information content (AvgIpc) is 3.18. The van der Waals surface area contributed by atoms with Crippen LogP contribution in [0.25, 0.3) is 0 Å². The van der Waals surface area contributed by atoms with Crippen molar-refractivity contribution in [3.63, 3.8) is 0 Å².